The molecule has 3 nitrogen and oxygen atoms in total. The highest BCUT2D eigenvalue weighted by Crippen LogP contribution is 2.37. The topological polar surface area (TPSA) is 34.2 Å². The molecule has 3 heterocycles. The summed E-state index contributed by atoms with van der Waals surface area (Å²) in [4.78, 5) is 5.81. The monoisotopic (exact) mass is 304 g/mol. The molecule has 20 heavy (non-hydrogen) atoms. The third-order valence-electron chi connectivity index (χ3n) is 3.14. The van der Waals surface area contributed by atoms with E-state index in [0.29, 0.717) is 0 Å². The fourth-order valence-electron chi connectivity index (χ4n) is 2.26. The number of ether oxygens (including phenoxy) is 1. The lowest BCUT2D eigenvalue weighted by atomic mass is 10.1. The van der Waals surface area contributed by atoms with Gasteiger partial charge in [0.2, 0.25) is 0 Å². The van der Waals surface area contributed by atoms with Crippen molar-refractivity contribution in [1.82, 2.24) is 10.3 Å². The molecule has 3 aromatic heterocycles. The largest absolute Gasteiger partial charge is 0.495 e. The van der Waals surface area contributed by atoms with Gasteiger partial charge < -0.3 is 10.1 Å². The molecule has 0 spiro atoms. The van der Waals surface area contributed by atoms with Crippen molar-refractivity contribution < 1.29 is 4.74 Å². The minimum absolute atomic E-state index is 0.0840. The SMILES string of the molecule is CCNC(c1cc2sccc2s1)c1ncccc1OC. The Balaban J connectivity index is 2.06. The smallest absolute Gasteiger partial charge is 0.142 e. The summed E-state index contributed by atoms with van der Waals surface area (Å²) in [5.41, 5.74) is 0.950. The van der Waals surface area contributed by atoms with Gasteiger partial charge in [-0.2, -0.15) is 0 Å². The van der Waals surface area contributed by atoms with Gasteiger partial charge in [0.1, 0.15) is 11.4 Å². The van der Waals surface area contributed by atoms with Gasteiger partial charge in [0, 0.05) is 20.5 Å². The zero-order valence-corrected chi connectivity index (χ0v) is 13.1. The van der Waals surface area contributed by atoms with Gasteiger partial charge in [-0.15, -0.1) is 22.7 Å². The highest BCUT2D eigenvalue weighted by Gasteiger charge is 2.21. The number of methoxy groups -OCH3 is 1. The van der Waals surface area contributed by atoms with Crippen molar-refractivity contribution in [3.8, 4) is 5.75 Å². The van der Waals surface area contributed by atoms with E-state index in [0.717, 1.165) is 18.0 Å². The first-order valence-electron chi connectivity index (χ1n) is 6.52. The van der Waals surface area contributed by atoms with Gasteiger partial charge in [0.25, 0.3) is 0 Å². The van der Waals surface area contributed by atoms with Crippen LogP contribution in [0.3, 0.4) is 0 Å². The number of rotatable bonds is 5. The Kier molecular flexibility index (Phi) is 4.00. The van der Waals surface area contributed by atoms with Gasteiger partial charge in [-0.3, -0.25) is 4.98 Å². The van der Waals surface area contributed by atoms with Crippen LogP contribution in [0.15, 0.2) is 35.8 Å². The molecule has 104 valence electrons. The van der Waals surface area contributed by atoms with Crippen LogP contribution < -0.4 is 10.1 Å². The van der Waals surface area contributed by atoms with Crippen LogP contribution in [0.1, 0.15) is 23.5 Å². The summed E-state index contributed by atoms with van der Waals surface area (Å²) in [6.07, 6.45) is 1.82. The van der Waals surface area contributed by atoms with E-state index in [-0.39, 0.29) is 6.04 Å². The first-order chi connectivity index (χ1) is 9.83. The van der Waals surface area contributed by atoms with E-state index in [1.165, 1.54) is 14.3 Å². The molecule has 3 rings (SSSR count). The molecule has 0 aliphatic carbocycles. The second-order valence-electron chi connectivity index (χ2n) is 4.38. The maximum atomic E-state index is 5.45. The highest BCUT2D eigenvalue weighted by molar-refractivity contribution is 7.27. The number of nitrogens with one attached hydrogen (secondary N) is 1. The lowest BCUT2D eigenvalue weighted by Gasteiger charge is -2.18. The second kappa shape index (κ2) is 5.91. The molecule has 0 saturated carbocycles. The van der Waals surface area contributed by atoms with Crippen molar-refractivity contribution in [3.05, 3.63) is 46.4 Å². The molecule has 1 unspecified atom stereocenters. The van der Waals surface area contributed by atoms with Crippen LogP contribution in [0.5, 0.6) is 5.75 Å². The number of hydrogen-bond donors (Lipinski definition) is 1. The van der Waals surface area contributed by atoms with Crippen LogP contribution in [0.25, 0.3) is 9.40 Å². The van der Waals surface area contributed by atoms with Crippen molar-refractivity contribution in [2.75, 3.05) is 13.7 Å². The Labute approximate surface area is 126 Å². The summed E-state index contributed by atoms with van der Waals surface area (Å²) in [6.45, 7) is 2.99. The standard InChI is InChI=1S/C15H16N2OS2/c1-3-16-15(14-10(18-2)5-4-7-17-14)13-9-12-11(20-13)6-8-19-12/h4-9,15-16H,3H2,1-2H3. The number of thiophene rings is 2. The van der Waals surface area contributed by atoms with Crippen molar-refractivity contribution >= 4 is 32.1 Å². The predicted octanol–water partition coefficient (Wildman–Crippen LogP) is 4.07. The average Bonchev–Trinajstić information content (AvgIpc) is 3.06. The molecule has 5 heteroatoms. The Morgan fingerprint density at radius 2 is 2.25 bits per heavy atom. The predicted molar refractivity (Wildman–Crippen MR) is 86.0 cm³/mol. The van der Waals surface area contributed by atoms with Gasteiger partial charge in [0.05, 0.1) is 13.2 Å². The molecule has 3 aromatic rings. The summed E-state index contributed by atoms with van der Waals surface area (Å²) in [5, 5.41) is 5.65. The molecule has 0 bridgehead atoms. The molecule has 0 aliphatic heterocycles. The fraction of sp³-hybridized carbons (Fsp3) is 0.267. The Bertz CT molecular complexity index is 676. The van der Waals surface area contributed by atoms with Crippen LogP contribution >= 0.6 is 22.7 Å². The van der Waals surface area contributed by atoms with E-state index in [1.807, 2.05) is 29.7 Å². The van der Waals surface area contributed by atoms with Crippen LogP contribution in [-0.2, 0) is 0 Å². The molecule has 1 N–H and O–H groups in total. The van der Waals surface area contributed by atoms with E-state index >= 15 is 0 Å². The molecule has 0 fully saturated rings. The number of nitrogens with zero attached hydrogens (tertiary/aromatic N) is 1. The van der Waals surface area contributed by atoms with Crippen LogP contribution in [0.4, 0.5) is 0 Å². The summed E-state index contributed by atoms with van der Waals surface area (Å²) in [6, 6.07) is 8.38. The van der Waals surface area contributed by atoms with Gasteiger partial charge in [-0.25, -0.2) is 0 Å². The minimum atomic E-state index is 0.0840. The van der Waals surface area contributed by atoms with E-state index in [9.17, 15) is 0 Å². The maximum Gasteiger partial charge on any atom is 0.142 e. The van der Waals surface area contributed by atoms with Crippen molar-refractivity contribution in [2.45, 2.75) is 13.0 Å². The summed E-state index contributed by atoms with van der Waals surface area (Å²) >= 11 is 3.60. The zero-order valence-electron chi connectivity index (χ0n) is 11.4. The van der Waals surface area contributed by atoms with Gasteiger partial charge in [-0.05, 0) is 36.2 Å². The number of hydrogen-bond acceptors (Lipinski definition) is 5. The third-order valence-corrected chi connectivity index (χ3v) is 5.30. The van der Waals surface area contributed by atoms with E-state index < -0.39 is 0 Å². The molecule has 0 radical (unpaired) electrons. The quantitative estimate of drug-likeness (QED) is 0.771. The first kappa shape index (κ1) is 13.5. The van der Waals surface area contributed by atoms with Gasteiger partial charge >= 0.3 is 0 Å². The number of pyridine rings is 1. The van der Waals surface area contributed by atoms with Crippen molar-refractivity contribution in [3.63, 3.8) is 0 Å². The van der Waals surface area contributed by atoms with E-state index in [2.05, 4.69) is 34.7 Å². The van der Waals surface area contributed by atoms with Crippen LogP contribution in [-0.4, -0.2) is 18.6 Å². The van der Waals surface area contributed by atoms with Crippen LogP contribution in [0.2, 0.25) is 0 Å². The molecule has 0 aliphatic rings. The zero-order chi connectivity index (χ0) is 13.9. The lowest BCUT2D eigenvalue weighted by Crippen LogP contribution is -2.22. The number of fused-ring (bicyclic) bond motifs is 1. The summed E-state index contributed by atoms with van der Waals surface area (Å²) in [5.74, 6) is 0.829. The summed E-state index contributed by atoms with van der Waals surface area (Å²) < 4.78 is 8.13. The highest BCUT2D eigenvalue weighted by atomic mass is 32.1. The van der Waals surface area contributed by atoms with Crippen molar-refractivity contribution in [1.29, 1.82) is 0 Å². The van der Waals surface area contributed by atoms with E-state index in [1.54, 1.807) is 18.4 Å². The maximum absolute atomic E-state index is 5.45. The van der Waals surface area contributed by atoms with Gasteiger partial charge in [-0.1, -0.05) is 6.92 Å². The normalized spacial score (nSPS) is 12.7. The lowest BCUT2D eigenvalue weighted by molar-refractivity contribution is 0.401. The third kappa shape index (κ3) is 2.44. The Hall–Kier alpha value is -1.43. The van der Waals surface area contributed by atoms with Crippen molar-refractivity contribution in [2.24, 2.45) is 0 Å². The molecular weight excluding hydrogens is 288 g/mol. The molecule has 0 amide bonds. The first-order valence-corrected chi connectivity index (χ1v) is 8.22. The number of aromatic nitrogens is 1. The van der Waals surface area contributed by atoms with Gasteiger partial charge in [0.15, 0.2) is 0 Å². The molecule has 0 aromatic carbocycles. The molecule has 1 atom stereocenters. The van der Waals surface area contributed by atoms with Crippen LogP contribution in [0, 0.1) is 0 Å². The Morgan fingerprint density at radius 3 is 3.00 bits per heavy atom. The molecule has 0 saturated heterocycles. The Morgan fingerprint density at radius 1 is 1.35 bits per heavy atom. The average molecular weight is 304 g/mol. The molecular formula is C15H16N2OS2. The second-order valence-corrected chi connectivity index (χ2v) is 6.44. The van der Waals surface area contributed by atoms with E-state index in [4.69, 9.17) is 4.74 Å². The minimum Gasteiger partial charge on any atom is -0.495 e. The fourth-order valence-corrected chi connectivity index (χ4v) is 4.45. The summed E-state index contributed by atoms with van der Waals surface area (Å²) in [7, 11) is 1.69.